The number of nitrogens with zero attached hydrogens (tertiary/aromatic N) is 2. The van der Waals surface area contributed by atoms with Crippen molar-refractivity contribution in [3.05, 3.63) is 46.6 Å². The summed E-state index contributed by atoms with van der Waals surface area (Å²) in [6.45, 7) is 1.90. The Balaban J connectivity index is 1.62. The van der Waals surface area contributed by atoms with E-state index in [1.54, 1.807) is 0 Å². The van der Waals surface area contributed by atoms with Gasteiger partial charge in [-0.3, -0.25) is 4.79 Å². The van der Waals surface area contributed by atoms with E-state index in [0.717, 1.165) is 15.9 Å². The van der Waals surface area contributed by atoms with E-state index in [0.29, 0.717) is 16.5 Å². The van der Waals surface area contributed by atoms with Crippen LogP contribution in [0, 0.1) is 6.92 Å². The van der Waals surface area contributed by atoms with Gasteiger partial charge >= 0.3 is 0 Å². The fourth-order valence-corrected chi connectivity index (χ4v) is 2.87. The molecule has 5 nitrogen and oxygen atoms in total. The fraction of sp³-hybridized carbons (Fsp3) is 0.133. The summed E-state index contributed by atoms with van der Waals surface area (Å²) in [6, 6.07) is 11.1. The average molecular weight is 378 g/mol. The molecule has 0 aliphatic rings. The van der Waals surface area contributed by atoms with E-state index < -0.39 is 0 Å². The molecule has 7 heteroatoms. The summed E-state index contributed by atoms with van der Waals surface area (Å²) < 4.78 is 6.46. The minimum atomic E-state index is -0.116. The number of oxazole rings is 1. The highest BCUT2D eigenvalue weighted by molar-refractivity contribution is 9.10. The van der Waals surface area contributed by atoms with Crippen molar-refractivity contribution in [2.45, 2.75) is 12.1 Å². The van der Waals surface area contributed by atoms with Gasteiger partial charge in [-0.1, -0.05) is 33.8 Å². The lowest BCUT2D eigenvalue weighted by Crippen LogP contribution is -2.13. The number of hydrogen-bond acceptors (Lipinski definition) is 5. The highest BCUT2D eigenvalue weighted by atomic mass is 79.9. The van der Waals surface area contributed by atoms with Gasteiger partial charge in [0.25, 0.3) is 5.22 Å². The predicted octanol–water partition coefficient (Wildman–Crippen LogP) is 4.02. The van der Waals surface area contributed by atoms with Crippen LogP contribution in [0.4, 0.5) is 5.69 Å². The molecule has 1 N–H and O–H groups in total. The van der Waals surface area contributed by atoms with Crippen LogP contribution in [-0.4, -0.2) is 21.6 Å². The Morgan fingerprint density at radius 2 is 2.18 bits per heavy atom. The van der Waals surface area contributed by atoms with Gasteiger partial charge in [0.1, 0.15) is 0 Å². The number of amides is 1. The molecule has 112 valence electrons. The molecule has 0 saturated heterocycles. The molecular formula is C15H12BrN3O2S. The molecule has 1 amide bonds. The van der Waals surface area contributed by atoms with Crippen LogP contribution >= 0.6 is 27.7 Å². The molecule has 0 aliphatic carbocycles. The van der Waals surface area contributed by atoms with Gasteiger partial charge in [-0.25, -0.2) is 4.98 Å². The van der Waals surface area contributed by atoms with Crippen LogP contribution in [0.2, 0.25) is 0 Å². The van der Waals surface area contributed by atoms with Gasteiger partial charge < -0.3 is 9.73 Å². The SMILES string of the molecule is Cc1ccc2oc(SCC(=O)Nc3cccc(Br)c3)nc2n1. The average Bonchev–Trinajstić information content (AvgIpc) is 2.87. The number of nitrogens with one attached hydrogen (secondary N) is 1. The molecule has 0 bridgehead atoms. The summed E-state index contributed by atoms with van der Waals surface area (Å²) in [5.74, 6) is 0.104. The molecule has 0 saturated carbocycles. The zero-order chi connectivity index (χ0) is 15.5. The van der Waals surface area contributed by atoms with Crippen molar-refractivity contribution in [2.75, 3.05) is 11.1 Å². The van der Waals surface area contributed by atoms with Crippen LogP contribution in [0.25, 0.3) is 11.2 Å². The van der Waals surface area contributed by atoms with E-state index in [4.69, 9.17) is 4.42 Å². The first-order valence-electron chi connectivity index (χ1n) is 6.52. The number of hydrogen-bond donors (Lipinski definition) is 1. The fourth-order valence-electron chi connectivity index (χ4n) is 1.85. The molecule has 22 heavy (non-hydrogen) atoms. The minimum Gasteiger partial charge on any atom is -0.430 e. The van der Waals surface area contributed by atoms with Gasteiger partial charge in [-0.15, -0.1) is 0 Å². The third-order valence-corrected chi connectivity index (χ3v) is 4.13. The monoisotopic (exact) mass is 377 g/mol. The second kappa shape index (κ2) is 6.50. The summed E-state index contributed by atoms with van der Waals surface area (Å²) in [5, 5.41) is 3.26. The largest absolute Gasteiger partial charge is 0.430 e. The van der Waals surface area contributed by atoms with Crippen LogP contribution in [0.3, 0.4) is 0 Å². The van der Waals surface area contributed by atoms with Crippen molar-refractivity contribution in [1.82, 2.24) is 9.97 Å². The Morgan fingerprint density at radius 1 is 1.32 bits per heavy atom. The molecule has 1 aromatic carbocycles. The second-order valence-corrected chi connectivity index (χ2v) is 6.44. The maximum Gasteiger partial charge on any atom is 0.258 e. The van der Waals surface area contributed by atoms with Crippen LogP contribution in [0.15, 0.2) is 50.5 Å². The molecule has 0 spiro atoms. The molecule has 0 radical (unpaired) electrons. The highest BCUT2D eigenvalue weighted by Gasteiger charge is 2.10. The molecule has 3 aromatic rings. The molecule has 0 aliphatic heterocycles. The van der Waals surface area contributed by atoms with Gasteiger partial charge in [-0.05, 0) is 37.3 Å². The van der Waals surface area contributed by atoms with E-state index in [2.05, 4.69) is 31.2 Å². The number of aryl methyl sites for hydroxylation is 1. The minimum absolute atomic E-state index is 0.116. The summed E-state index contributed by atoms with van der Waals surface area (Å²) in [7, 11) is 0. The first kappa shape index (κ1) is 15.1. The van der Waals surface area contributed by atoms with Crippen molar-refractivity contribution in [3.63, 3.8) is 0 Å². The van der Waals surface area contributed by atoms with Crippen LogP contribution in [0.1, 0.15) is 5.69 Å². The Labute approximate surface area is 139 Å². The Bertz CT molecular complexity index is 835. The number of aromatic nitrogens is 2. The Morgan fingerprint density at radius 3 is 3.00 bits per heavy atom. The molecule has 0 atom stereocenters. The first-order chi connectivity index (χ1) is 10.6. The third kappa shape index (κ3) is 3.66. The molecular weight excluding hydrogens is 366 g/mol. The normalized spacial score (nSPS) is 10.8. The van der Waals surface area contributed by atoms with E-state index in [1.165, 1.54) is 11.8 Å². The van der Waals surface area contributed by atoms with Crippen molar-refractivity contribution < 1.29 is 9.21 Å². The number of anilines is 1. The number of fused-ring (bicyclic) bond motifs is 1. The number of thioether (sulfide) groups is 1. The molecule has 0 fully saturated rings. The number of carbonyl (C=O) groups is 1. The van der Waals surface area contributed by atoms with E-state index in [1.807, 2.05) is 43.3 Å². The summed E-state index contributed by atoms with van der Waals surface area (Å²) >= 11 is 4.61. The number of halogens is 1. The van der Waals surface area contributed by atoms with Crippen LogP contribution in [0.5, 0.6) is 0 Å². The maximum atomic E-state index is 11.9. The van der Waals surface area contributed by atoms with Crippen LogP contribution < -0.4 is 5.32 Å². The molecule has 2 heterocycles. The highest BCUT2D eigenvalue weighted by Crippen LogP contribution is 2.23. The topological polar surface area (TPSA) is 68.0 Å². The number of pyridine rings is 1. The van der Waals surface area contributed by atoms with E-state index >= 15 is 0 Å². The van der Waals surface area contributed by atoms with Crippen molar-refractivity contribution >= 4 is 50.5 Å². The van der Waals surface area contributed by atoms with Gasteiger partial charge in [-0.2, -0.15) is 4.98 Å². The van der Waals surface area contributed by atoms with E-state index in [9.17, 15) is 4.79 Å². The molecule has 2 aromatic heterocycles. The smallest absolute Gasteiger partial charge is 0.258 e. The van der Waals surface area contributed by atoms with Crippen LogP contribution in [-0.2, 0) is 4.79 Å². The zero-order valence-corrected chi connectivity index (χ0v) is 14.1. The summed E-state index contributed by atoms with van der Waals surface area (Å²) in [6.07, 6.45) is 0. The quantitative estimate of drug-likeness (QED) is 0.695. The molecule has 0 unspecified atom stereocenters. The molecule has 3 rings (SSSR count). The number of benzene rings is 1. The Kier molecular flexibility index (Phi) is 4.44. The second-order valence-electron chi connectivity index (χ2n) is 4.60. The third-order valence-electron chi connectivity index (χ3n) is 2.81. The predicted molar refractivity (Wildman–Crippen MR) is 90.0 cm³/mol. The summed E-state index contributed by atoms with van der Waals surface area (Å²) in [5.41, 5.74) is 2.81. The van der Waals surface area contributed by atoms with Crippen molar-refractivity contribution in [2.24, 2.45) is 0 Å². The van der Waals surface area contributed by atoms with Crippen molar-refractivity contribution in [1.29, 1.82) is 0 Å². The lowest BCUT2D eigenvalue weighted by molar-refractivity contribution is -0.113. The maximum absolute atomic E-state index is 11.9. The Hall–Kier alpha value is -1.86. The van der Waals surface area contributed by atoms with Crippen molar-refractivity contribution in [3.8, 4) is 0 Å². The first-order valence-corrected chi connectivity index (χ1v) is 8.30. The number of carbonyl (C=O) groups excluding carboxylic acids is 1. The number of rotatable bonds is 4. The van der Waals surface area contributed by atoms with Gasteiger partial charge in [0, 0.05) is 15.9 Å². The lowest BCUT2D eigenvalue weighted by Gasteiger charge is -2.04. The zero-order valence-electron chi connectivity index (χ0n) is 11.7. The lowest BCUT2D eigenvalue weighted by atomic mass is 10.3. The van der Waals surface area contributed by atoms with Gasteiger partial charge in [0.15, 0.2) is 11.2 Å². The summed E-state index contributed by atoms with van der Waals surface area (Å²) in [4.78, 5) is 20.5. The van der Waals surface area contributed by atoms with Gasteiger partial charge in [0.05, 0.1) is 5.75 Å². The van der Waals surface area contributed by atoms with Gasteiger partial charge in [0.2, 0.25) is 5.91 Å². The standard InChI is InChI=1S/C15H12BrN3O2S/c1-9-5-6-12-14(17-9)19-15(21-12)22-8-13(20)18-11-4-2-3-10(16)7-11/h2-7H,8H2,1H3,(H,18,20). The van der Waals surface area contributed by atoms with E-state index in [-0.39, 0.29) is 11.7 Å².